The molecule has 0 saturated carbocycles. The topological polar surface area (TPSA) is 82.5 Å². The third kappa shape index (κ3) is 3.21. The molecule has 1 saturated heterocycles. The van der Waals surface area contributed by atoms with Gasteiger partial charge in [-0.15, -0.1) is 11.3 Å². The number of carboxylic acid groups (broad SMARTS) is 1. The summed E-state index contributed by atoms with van der Waals surface area (Å²) in [6.45, 7) is 7.18. The van der Waals surface area contributed by atoms with Crippen LogP contribution in [0.5, 0.6) is 0 Å². The van der Waals surface area contributed by atoms with Crippen LogP contribution >= 0.6 is 11.3 Å². The van der Waals surface area contributed by atoms with Crippen LogP contribution in [0, 0.1) is 6.92 Å². The van der Waals surface area contributed by atoms with Crippen molar-refractivity contribution in [2.75, 3.05) is 36.0 Å². The lowest BCUT2D eigenvalue weighted by Gasteiger charge is -2.36. The maximum absolute atomic E-state index is 11.6. The summed E-state index contributed by atoms with van der Waals surface area (Å²) < 4.78 is 0. The van der Waals surface area contributed by atoms with Crippen LogP contribution in [0.15, 0.2) is 24.4 Å². The number of carbonyl (C=O) groups is 1. The van der Waals surface area contributed by atoms with Crippen molar-refractivity contribution in [1.82, 2.24) is 15.0 Å². The Kier molecular flexibility index (Phi) is 4.65. The van der Waals surface area contributed by atoms with Gasteiger partial charge in [-0.2, -0.15) is 0 Å². The van der Waals surface area contributed by atoms with Gasteiger partial charge in [-0.1, -0.05) is 13.0 Å². The molecule has 140 valence electrons. The molecule has 0 aliphatic carbocycles. The van der Waals surface area contributed by atoms with Crippen LogP contribution in [-0.2, 0) is 6.42 Å². The molecule has 0 unspecified atom stereocenters. The largest absolute Gasteiger partial charge is 0.477 e. The van der Waals surface area contributed by atoms with Gasteiger partial charge >= 0.3 is 5.97 Å². The number of anilines is 2. The summed E-state index contributed by atoms with van der Waals surface area (Å²) in [6, 6.07) is 5.94. The standard InChI is InChI=1S/C19H21N5O2S/c1-3-13-21-17(15-12(2)16(19(25)26)27-18(15)22-13)24-10-8-23(9-11-24)14-6-4-5-7-20-14/h4-7H,3,8-11H2,1-2H3,(H,25,26). The minimum Gasteiger partial charge on any atom is -0.477 e. The van der Waals surface area contributed by atoms with Gasteiger partial charge in [0.25, 0.3) is 0 Å². The van der Waals surface area contributed by atoms with Crippen molar-refractivity contribution in [3.63, 3.8) is 0 Å². The van der Waals surface area contributed by atoms with E-state index < -0.39 is 5.97 Å². The second-order valence-electron chi connectivity index (χ2n) is 6.52. The highest BCUT2D eigenvalue weighted by Crippen LogP contribution is 2.36. The van der Waals surface area contributed by atoms with Gasteiger partial charge in [0.15, 0.2) is 0 Å². The summed E-state index contributed by atoms with van der Waals surface area (Å²) in [4.78, 5) is 31.0. The molecule has 1 fully saturated rings. The summed E-state index contributed by atoms with van der Waals surface area (Å²) in [5.74, 6) is 1.69. The van der Waals surface area contributed by atoms with Crippen molar-refractivity contribution in [1.29, 1.82) is 0 Å². The average molecular weight is 383 g/mol. The maximum Gasteiger partial charge on any atom is 0.346 e. The number of aromatic carboxylic acids is 1. The van der Waals surface area contributed by atoms with Crippen molar-refractivity contribution < 1.29 is 9.90 Å². The number of hydrogen-bond acceptors (Lipinski definition) is 7. The Bertz CT molecular complexity index is 981. The first-order chi connectivity index (χ1) is 13.1. The number of carboxylic acids is 1. The monoisotopic (exact) mass is 383 g/mol. The number of pyridine rings is 1. The van der Waals surface area contributed by atoms with Crippen LogP contribution in [0.4, 0.5) is 11.6 Å². The van der Waals surface area contributed by atoms with Crippen LogP contribution in [0.2, 0.25) is 0 Å². The predicted molar refractivity (Wildman–Crippen MR) is 107 cm³/mol. The van der Waals surface area contributed by atoms with E-state index in [9.17, 15) is 9.90 Å². The smallest absolute Gasteiger partial charge is 0.346 e. The van der Waals surface area contributed by atoms with E-state index in [4.69, 9.17) is 4.98 Å². The molecule has 3 aromatic heterocycles. The Hall–Kier alpha value is -2.74. The number of rotatable bonds is 4. The summed E-state index contributed by atoms with van der Waals surface area (Å²) in [5.41, 5.74) is 0.757. The summed E-state index contributed by atoms with van der Waals surface area (Å²) in [5, 5.41) is 10.4. The first kappa shape index (κ1) is 17.7. The van der Waals surface area contributed by atoms with Gasteiger partial charge in [0.05, 0.1) is 5.39 Å². The summed E-state index contributed by atoms with van der Waals surface area (Å²) in [7, 11) is 0. The van der Waals surface area contributed by atoms with Crippen LogP contribution in [0.3, 0.4) is 0 Å². The highest BCUT2D eigenvalue weighted by molar-refractivity contribution is 7.20. The normalized spacial score (nSPS) is 14.7. The number of aryl methyl sites for hydroxylation is 2. The molecular formula is C19H21N5O2S. The van der Waals surface area contributed by atoms with Gasteiger partial charge in [-0.25, -0.2) is 19.7 Å². The van der Waals surface area contributed by atoms with E-state index in [1.807, 2.05) is 38.2 Å². The second kappa shape index (κ2) is 7.11. The highest BCUT2D eigenvalue weighted by Gasteiger charge is 2.25. The quantitative estimate of drug-likeness (QED) is 0.741. The third-order valence-electron chi connectivity index (χ3n) is 4.88. The summed E-state index contributed by atoms with van der Waals surface area (Å²) >= 11 is 1.24. The molecule has 4 heterocycles. The molecule has 0 amide bonds. The van der Waals surface area contributed by atoms with Crippen molar-refractivity contribution in [2.24, 2.45) is 0 Å². The first-order valence-corrected chi connectivity index (χ1v) is 9.84. The number of aromatic nitrogens is 3. The molecule has 0 atom stereocenters. The second-order valence-corrected chi connectivity index (χ2v) is 7.52. The zero-order valence-electron chi connectivity index (χ0n) is 15.3. The lowest BCUT2D eigenvalue weighted by Crippen LogP contribution is -2.47. The number of piperazine rings is 1. The Morgan fingerprint density at radius 1 is 1.19 bits per heavy atom. The Morgan fingerprint density at radius 2 is 1.93 bits per heavy atom. The fourth-order valence-corrected chi connectivity index (χ4v) is 4.47. The van der Waals surface area contributed by atoms with E-state index in [0.29, 0.717) is 4.88 Å². The molecule has 0 aromatic carbocycles. The van der Waals surface area contributed by atoms with E-state index in [1.54, 1.807) is 0 Å². The van der Waals surface area contributed by atoms with Crippen molar-refractivity contribution >= 4 is 39.2 Å². The molecule has 1 aliphatic rings. The average Bonchev–Trinajstić information content (AvgIpc) is 3.05. The molecule has 0 bridgehead atoms. The lowest BCUT2D eigenvalue weighted by molar-refractivity contribution is 0.0701. The third-order valence-corrected chi connectivity index (χ3v) is 6.05. The van der Waals surface area contributed by atoms with Crippen LogP contribution < -0.4 is 9.80 Å². The Morgan fingerprint density at radius 3 is 2.56 bits per heavy atom. The first-order valence-electron chi connectivity index (χ1n) is 9.02. The zero-order chi connectivity index (χ0) is 19.0. The van der Waals surface area contributed by atoms with E-state index >= 15 is 0 Å². The van der Waals surface area contributed by atoms with Crippen molar-refractivity contribution in [2.45, 2.75) is 20.3 Å². The Labute approximate surface area is 161 Å². The summed E-state index contributed by atoms with van der Waals surface area (Å²) in [6.07, 6.45) is 2.53. The number of fused-ring (bicyclic) bond motifs is 1. The molecule has 27 heavy (non-hydrogen) atoms. The van der Waals surface area contributed by atoms with Crippen LogP contribution in [0.25, 0.3) is 10.2 Å². The molecule has 7 nitrogen and oxygen atoms in total. The minimum atomic E-state index is -0.903. The fourth-order valence-electron chi connectivity index (χ4n) is 3.44. The Balaban J connectivity index is 1.68. The van der Waals surface area contributed by atoms with E-state index in [1.165, 1.54) is 11.3 Å². The number of thiophene rings is 1. The zero-order valence-corrected chi connectivity index (χ0v) is 16.2. The predicted octanol–water partition coefficient (Wildman–Crippen LogP) is 2.98. The van der Waals surface area contributed by atoms with Gasteiger partial charge in [0.1, 0.15) is 27.2 Å². The molecule has 3 aromatic rings. The van der Waals surface area contributed by atoms with Crippen molar-refractivity contribution in [3.8, 4) is 0 Å². The number of hydrogen-bond donors (Lipinski definition) is 1. The van der Waals surface area contributed by atoms with E-state index in [0.717, 1.165) is 65.8 Å². The van der Waals surface area contributed by atoms with E-state index in [2.05, 4.69) is 19.8 Å². The molecule has 1 N–H and O–H groups in total. The van der Waals surface area contributed by atoms with Gasteiger partial charge in [0.2, 0.25) is 0 Å². The van der Waals surface area contributed by atoms with Crippen molar-refractivity contribution in [3.05, 3.63) is 40.7 Å². The van der Waals surface area contributed by atoms with Gasteiger partial charge in [0, 0.05) is 38.8 Å². The lowest BCUT2D eigenvalue weighted by atomic mass is 10.1. The number of nitrogens with zero attached hydrogens (tertiary/aromatic N) is 5. The maximum atomic E-state index is 11.6. The molecule has 1 aliphatic heterocycles. The van der Waals surface area contributed by atoms with Crippen LogP contribution in [0.1, 0.15) is 28.0 Å². The van der Waals surface area contributed by atoms with Gasteiger partial charge < -0.3 is 14.9 Å². The van der Waals surface area contributed by atoms with Gasteiger partial charge in [-0.3, -0.25) is 0 Å². The molecule has 0 spiro atoms. The van der Waals surface area contributed by atoms with Crippen LogP contribution in [-0.4, -0.2) is 52.2 Å². The van der Waals surface area contributed by atoms with E-state index in [-0.39, 0.29) is 0 Å². The fraction of sp³-hybridized carbons (Fsp3) is 0.368. The molecule has 8 heteroatoms. The molecule has 0 radical (unpaired) electrons. The SMILES string of the molecule is CCc1nc(N2CCN(c3ccccn3)CC2)c2c(C)c(C(=O)O)sc2n1. The molecule has 4 rings (SSSR count). The molecular weight excluding hydrogens is 362 g/mol. The highest BCUT2D eigenvalue weighted by atomic mass is 32.1. The minimum absolute atomic E-state index is 0.348. The van der Waals surface area contributed by atoms with Gasteiger partial charge in [-0.05, 0) is 24.6 Å².